The normalized spacial score (nSPS) is 18.3. The largest absolute Gasteiger partial charge is 0.365 e. The van der Waals surface area contributed by atoms with Crippen molar-refractivity contribution in [2.75, 3.05) is 26.2 Å². The van der Waals surface area contributed by atoms with Gasteiger partial charge < -0.3 is 9.64 Å². The Bertz CT molecular complexity index is 375. The maximum absolute atomic E-state index is 6.00. The molecule has 2 atom stereocenters. The molecule has 1 fully saturated rings. The van der Waals surface area contributed by atoms with Gasteiger partial charge in [-0.25, -0.2) is 0 Å². The third-order valence-corrected chi connectivity index (χ3v) is 5.68. The molecule has 0 spiro atoms. The van der Waals surface area contributed by atoms with Crippen LogP contribution in [0.2, 0.25) is 0 Å². The lowest BCUT2D eigenvalue weighted by Gasteiger charge is -2.34. The molecule has 1 aliphatic heterocycles. The number of rotatable bonds is 13. The Morgan fingerprint density at radius 1 is 0.923 bits per heavy atom. The lowest BCUT2D eigenvalue weighted by Crippen LogP contribution is -2.39. The van der Waals surface area contributed by atoms with Gasteiger partial charge >= 0.3 is 0 Å². The van der Waals surface area contributed by atoms with Gasteiger partial charge in [0.25, 0.3) is 0 Å². The maximum Gasteiger partial charge on any atom is 0.108 e. The number of nitrogens with zero attached hydrogens (tertiary/aromatic N) is 1. The Kier molecular flexibility index (Phi) is 14.0. The average molecular weight is 364 g/mol. The van der Waals surface area contributed by atoms with Crippen LogP contribution in [0.15, 0.2) is 0 Å². The molecule has 0 aromatic heterocycles. The minimum absolute atomic E-state index is 0.427. The average Bonchev–Trinajstić information content (AvgIpc) is 2.64. The molecule has 0 aromatic rings. The summed E-state index contributed by atoms with van der Waals surface area (Å²) in [4.78, 5) is 2.69. The lowest BCUT2D eigenvalue weighted by atomic mass is 9.94. The zero-order chi connectivity index (χ0) is 19.0. The number of unbranched alkanes of at least 4 members (excludes halogenated alkanes) is 3. The van der Waals surface area contributed by atoms with Crippen molar-refractivity contribution in [3.63, 3.8) is 0 Å². The topological polar surface area (TPSA) is 12.5 Å². The highest BCUT2D eigenvalue weighted by Crippen LogP contribution is 2.21. The third kappa shape index (κ3) is 11.2. The Labute approximate surface area is 164 Å². The van der Waals surface area contributed by atoms with Crippen molar-refractivity contribution in [2.45, 2.75) is 104 Å². The summed E-state index contributed by atoms with van der Waals surface area (Å²) in [6.45, 7) is 13.4. The summed E-state index contributed by atoms with van der Waals surface area (Å²) in [7, 11) is 0. The molecule has 2 nitrogen and oxygen atoms in total. The predicted octanol–water partition coefficient (Wildman–Crippen LogP) is 6.29. The van der Waals surface area contributed by atoms with Gasteiger partial charge in [-0.3, -0.25) is 0 Å². The van der Waals surface area contributed by atoms with E-state index in [1.165, 1.54) is 90.3 Å². The number of piperidine rings is 1. The second-order valence-electron chi connectivity index (χ2n) is 8.33. The van der Waals surface area contributed by atoms with Gasteiger partial charge in [0.15, 0.2) is 0 Å². The zero-order valence-electron chi connectivity index (χ0n) is 18.2. The van der Waals surface area contributed by atoms with Crippen molar-refractivity contribution in [1.29, 1.82) is 0 Å². The van der Waals surface area contributed by atoms with Crippen molar-refractivity contribution in [3.8, 4) is 11.8 Å². The van der Waals surface area contributed by atoms with E-state index in [0.29, 0.717) is 18.6 Å². The fourth-order valence-electron chi connectivity index (χ4n) is 4.10. The molecule has 1 aliphatic rings. The summed E-state index contributed by atoms with van der Waals surface area (Å²) < 4.78 is 6.00. The van der Waals surface area contributed by atoms with Gasteiger partial charge in [-0.2, -0.15) is 0 Å². The van der Waals surface area contributed by atoms with Crippen LogP contribution in [0.25, 0.3) is 0 Å². The highest BCUT2D eigenvalue weighted by Gasteiger charge is 2.21. The SMILES string of the molecule is CCCCCCC(CCC)CN1CCC(OCC#CC(C)CCC)CC1. The van der Waals surface area contributed by atoms with E-state index in [2.05, 4.69) is 44.4 Å². The molecule has 0 aliphatic carbocycles. The quantitative estimate of drug-likeness (QED) is 0.281. The molecular formula is C24H45NO. The Morgan fingerprint density at radius 2 is 1.65 bits per heavy atom. The van der Waals surface area contributed by atoms with E-state index in [-0.39, 0.29) is 0 Å². The summed E-state index contributed by atoms with van der Waals surface area (Å²) >= 11 is 0. The maximum atomic E-state index is 6.00. The second-order valence-corrected chi connectivity index (χ2v) is 8.33. The highest BCUT2D eigenvalue weighted by atomic mass is 16.5. The molecule has 152 valence electrons. The van der Waals surface area contributed by atoms with Crippen LogP contribution in [0.3, 0.4) is 0 Å². The molecule has 0 bridgehead atoms. The van der Waals surface area contributed by atoms with Crippen LogP contribution in [-0.4, -0.2) is 37.2 Å². The molecule has 1 rings (SSSR count). The molecule has 0 radical (unpaired) electrons. The minimum Gasteiger partial charge on any atom is -0.365 e. The van der Waals surface area contributed by atoms with Crippen molar-refractivity contribution >= 4 is 0 Å². The summed E-state index contributed by atoms with van der Waals surface area (Å²) in [5, 5.41) is 0. The molecule has 2 unspecified atom stereocenters. The first kappa shape index (κ1) is 23.5. The van der Waals surface area contributed by atoms with Gasteiger partial charge in [0.1, 0.15) is 6.61 Å². The fraction of sp³-hybridized carbons (Fsp3) is 0.917. The number of ether oxygens (including phenoxy) is 1. The molecule has 1 saturated heterocycles. The predicted molar refractivity (Wildman–Crippen MR) is 114 cm³/mol. The van der Waals surface area contributed by atoms with Crippen molar-refractivity contribution < 1.29 is 4.74 Å². The monoisotopic (exact) mass is 363 g/mol. The van der Waals surface area contributed by atoms with Gasteiger partial charge in [0, 0.05) is 25.6 Å². The molecule has 0 aromatic carbocycles. The Morgan fingerprint density at radius 3 is 2.31 bits per heavy atom. The van der Waals surface area contributed by atoms with E-state index >= 15 is 0 Å². The van der Waals surface area contributed by atoms with Crippen LogP contribution < -0.4 is 0 Å². The van der Waals surface area contributed by atoms with E-state index < -0.39 is 0 Å². The van der Waals surface area contributed by atoms with E-state index in [1.807, 2.05) is 0 Å². The lowest BCUT2D eigenvalue weighted by molar-refractivity contribution is 0.0200. The summed E-state index contributed by atoms with van der Waals surface area (Å²) in [5.41, 5.74) is 0. The number of likely N-dealkylation sites (tertiary alicyclic amines) is 1. The van der Waals surface area contributed by atoms with E-state index in [0.717, 1.165) is 5.92 Å². The van der Waals surface area contributed by atoms with Crippen LogP contribution in [0.4, 0.5) is 0 Å². The Hall–Kier alpha value is -0.520. The second kappa shape index (κ2) is 15.5. The molecule has 0 N–H and O–H groups in total. The summed E-state index contributed by atoms with van der Waals surface area (Å²) in [6, 6.07) is 0. The van der Waals surface area contributed by atoms with Crippen molar-refractivity contribution in [3.05, 3.63) is 0 Å². The first-order valence-electron chi connectivity index (χ1n) is 11.5. The van der Waals surface area contributed by atoms with E-state index in [4.69, 9.17) is 4.74 Å². The molecule has 2 heteroatoms. The standard InChI is InChI=1S/C24H45NO/c1-5-8-9-10-15-23(13-7-3)21-25-18-16-24(17-19-25)26-20-11-14-22(4)12-6-2/h22-24H,5-10,12-13,15-21H2,1-4H3. The fourth-order valence-corrected chi connectivity index (χ4v) is 4.10. The van der Waals surface area contributed by atoms with Crippen LogP contribution in [0.5, 0.6) is 0 Å². The van der Waals surface area contributed by atoms with E-state index in [9.17, 15) is 0 Å². The van der Waals surface area contributed by atoms with Crippen LogP contribution in [0.1, 0.15) is 98.3 Å². The third-order valence-electron chi connectivity index (χ3n) is 5.68. The number of hydrogen-bond acceptors (Lipinski definition) is 2. The van der Waals surface area contributed by atoms with Crippen LogP contribution in [-0.2, 0) is 4.74 Å². The first-order chi connectivity index (χ1) is 12.7. The van der Waals surface area contributed by atoms with Gasteiger partial charge in [0.2, 0.25) is 0 Å². The number of hydrogen-bond donors (Lipinski definition) is 0. The van der Waals surface area contributed by atoms with Crippen molar-refractivity contribution in [2.24, 2.45) is 11.8 Å². The van der Waals surface area contributed by atoms with Gasteiger partial charge in [-0.1, -0.05) is 78.1 Å². The van der Waals surface area contributed by atoms with Crippen LogP contribution in [0, 0.1) is 23.7 Å². The van der Waals surface area contributed by atoms with Crippen molar-refractivity contribution in [1.82, 2.24) is 4.90 Å². The minimum atomic E-state index is 0.427. The van der Waals surface area contributed by atoms with Gasteiger partial charge in [-0.05, 0) is 38.0 Å². The summed E-state index contributed by atoms with van der Waals surface area (Å²) in [5.74, 6) is 7.96. The van der Waals surface area contributed by atoms with E-state index in [1.54, 1.807) is 0 Å². The van der Waals surface area contributed by atoms with Gasteiger partial charge in [-0.15, -0.1) is 0 Å². The van der Waals surface area contributed by atoms with Gasteiger partial charge in [0.05, 0.1) is 6.10 Å². The molecule has 0 amide bonds. The Balaban J connectivity index is 2.20. The molecule has 0 saturated carbocycles. The zero-order valence-corrected chi connectivity index (χ0v) is 18.2. The summed E-state index contributed by atoms with van der Waals surface area (Å²) in [6.07, 6.45) is 14.9. The molecule has 1 heterocycles. The van der Waals surface area contributed by atoms with Crippen LogP contribution >= 0.6 is 0 Å². The molecular weight excluding hydrogens is 318 g/mol. The molecule has 26 heavy (non-hydrogen) atoms. The highest BCUT2D eigenvalue weighted by molar-refractivity contribution is 5.02. The smallest absolute Gasteiger partial charge is 0.108 e. The first-order valence-corrected chi connectivity index (χ1v) is 11.5.